The van der Waals surface area contributed by atoms with Crippen molar-refractivity contribution >= 4 is 17.6 Å². The van der Waals surface area contributed by atoms with Crippen molar-refractivity contribution in [3.63, 3.8) is 0 Å². The van der Waals surface area contributed by atoms with Gasteiger partial charge in [-0.05, 0) is 91.0 Å². The number of pyridine rings is 1. The Kier molecular flexibility index (Phi) is 8.84. The van der Waals surface area contributed by atoms with Crippen molar-refractivity contribution < 1.29 is 24.2 Å². The van der Waals surface area contributed by atoms with Crippen molar-refractivity contribution in [2.75, 3.05) is 31.7 Å². The highest BCUT2D eigenvalue weighted by Crippen LogP contribution is 2.45. The minimum atomic E-state index is -0.750. The molecule has 1 atom stereocenters. The fourth-order valence-corrected chi connectivity index (χ4v) is 5.50. The minimum absolute atomic E-state index is 0.0586. The Morgan fingerprint density at radius 2 is 1.80 bits per heavy atom. The van der Waals surface area contributed by atoms with Crippen LogP contribution in [0.5, 0.6) is 11.5 Å². The molecule has 5 rings (SSSR count). The Hall–Kier alpha value is -4.07. The second-order valence-corrected chi connectivity index (χ2v) is 10.8. The summed E-state index contributed by atoms with van der Waals surface area (Å²) in [6, 6.07) is 17.3. The molecule has 1 saturated heterocycles. The summed E-state index contributed by atoms with van der Waals surface area (Å²) in [6.45, 7) is 2.68. The molecule has 0 radical (unpaired) electrons. The summed E-state index contributed by atoms with van der Waals surface area (Å²) in [6.07, 6.45) is 7.69. The lowest BCUT2D eigenvalue weighted by Crippen LogP contribution is -2.37. The number of rotatable bonds is 12. The molecule has 210 valence electrons. The molecule has 1 amide bonds. The molecule has 0 spiro atoms. The first-order valence-corrected chi connectivity index (χ1v) is 14.0. The van der Waals surface area contributed by atoms with Gasteiger partial charge in [0.15, 0.2) is 0 Å². The van der Waals surface area contributed by atoms with Crippen molar-refractivity contribution in [2.24, 2.45) is 11.8 Å². The lowest BCUT2D eigenvalue weighted by atomic mass is 9.91. The van der Waals surface area contributed by atoms with E-state index in [1.807, 2.05) is 54.6 Å². The number of aliphatic carboxylic acids is 1. The molecule has 1 unspecified atom stereocenters. The molecule has 3 aromatic rings. The number of amides is 1. The molecule has 1 aromatic heterocycles. The van der Waals surface area contributed by atoms with Gasteiger partial charge in [-0.25, -0.2) is 0 Å². The molecule has 40 heavy (non-hydrogen) atoms. The third kappa shape index (κ3) is 7.11. The average molecular weight is 544 g/mol. The smallest absolute Gasteiger partial charge is 0.303 e. The third-order valence-corrected chi connectivity index (χ3v) is 7.96. The van der Waals surface area contributed by atoms with Gasteiger partial charge in [-0.15, -0.1) is 0 Å². The van der Waals surface area contributed by atoms with Crippen molar-refractivity contribution in [1.82, 2.24) is 10.3 Å². The Morgan fingerprint density at radius 3 is 2.50 bits per heavy atom. The van der Waals surface area contributed by atoms with Gasteiger partial charge in [0.2, 0.25) is 0 Å². The molecule has 1 aliphatic heterocycles. The zero-order valence-corrected chi connectivity index (χ0v) is 22.9. The lowest BCUT2D eigenvalue weighted by molar-refractivity contribution is -0.137. The molecule has 2 N–H and O–H groups in total. The number of benzene rings is 2. The van der Waals surface area contributed by atoms with Crippen LogP contribution in [-0.4, -0.2) is 48.8 Å². The van der Waals surface area contributed by atoms with Gasteiger partial charge in [-0.2, -0.15) is 0 Å². The minimum Gasteiger partial charge on any atom is -0.497 e. The highest BCUT2D eigenvalue weighted by atomic mass is 16.5. The molecule has 0 bridgehead atoms. The number of hydrogen-bond donors (Lipinski definition) is 2. The van der Waals surface area contributed by atoms with E-state index in [0.29, 0.717) is 30.6 Å². The van der Waals surface area contributed by atoms with E-state index in [9.17, 15) is 14.7 Å². The average Bonchev–Trinajstić information content (AvgIpc) is 3.84. The molecule has 1 saturated carbocycles. The molecule has 2 aromatic carbocycles. The summed E-state index contributed by atoms with van der Waals surface area (Å²) in [7, 11) is 1.63. The molecular weight excluding hydrogens is 506 g/mol. The Bertz CT molecular complexity index is 1300. The standard InChI is InChI=1S/C32H37N3O5/c1-39-26-7-8-28(32(38)34-20-22-9-13-33-14-10-22)30(18-26)35-15-11-23(12-16-35)21-40-27-4-2-3-25(17-27)29(19-31(36)37)24-5-6-24/h2-4,7-10,13-14,17-18,23-24,29H,5-6,11-12,15-16,19-21H2,1H3,(H,34,38)(H,36,37). The molecule has 8 heteroatoms. The number of carboxylic acid groups (broad SMARTS) is 1. The van der Waals surface area contributed by atoms with E-state index in [1.165, 1.54) is 0 Å². The maximum absolute atomic E-state index is 13.1. The summed E-state index contributed by atoms with van der Waals surface area (Å²) in [4.78, 5) is 30.8. The van der Waals surface area contributed by atoms with E-state index in [4.69, 9.17) is 9.47 Å². The molecule has 2 fully saturated rings. The SMILES string of the molecule is COc1ccc(C(=O)NCc2ccncc2)c(N2CCC(COc3cccc(C(CC(=O)O)C4CC4)c3)CC2)c1. The van der Waals surface area contributed by atoms with E-state index >= 15 is 0 Å². The van der Waals surface area contributed by atoms with Gasteiger partial charge >= 0.3 is 5.97 Å². The molecule has 2 aliphatic rings. The second-order valence-electron chi connectivity index (χ2n) is 10.8. The fourth-order valence-electron chi connectivity index (χ4n) is 5.50. The van der Waals surface area contributed by atoms with E-state index in [2.05, 4.69) is 15.2 Å². The Morgan fingerprint density at radius 1 is 1.02 bits per heavy atom. The first-order chi connectivity index (χ1) is 19.5. The van der Waals surface area contributed by atoms with E-state index in [1.54, 1.807) is 19.5 Å². The normalized spacial score (nSPS) is 16.3. The number of aromatic nitrogens is 1. The van der Waals surface area contributed by atoms with Gasteiger partial charge in [-0.1, -0.05) is 12.1 Å². The molecular formula is C32H37N3O5. The predicted octanol–water partition coefficient (Wildman–Crippen LogP) is 5.28. The maximum Gasteiger partial charge on any atom is 0.303 e. The van der Waals surface area contributed by atoms with Crippen LogP contribution in [0.2, 0.25) is 0 Å². The number of nitrogens with zero attached hydrogens (tertiary/aromatic N) is 2. The zero-order valence-electron chi connectivity index (χ0n) is 22.9. The van der Waals surface area contributed by atoms with Crippen LogP contribution in [0.25, 0.3) is 0 Å². The largest absolute Gasteiger partial charge is 0.497 e. The summed E-state index contributed by atoms with van der Waals surface area (Å²) >= 11 is 0. The highest BCUT2D eigenvalue weighted by Gasteiger charge is 2.34. The number of hydrogen-bond acceptors (Lipinski definition) is 6. The van der Waals surface area contributed by atoms with Crippen LogP contribution >= 0.6 is 0 Å². The predicted molar refractivity (Wildman–Crippen MR) is 153 cm³/mol. The Balaban J connectivity index is 1.18. The van der Waals surface area contributed by atoms with Crippen LogP contribution in [0, 0.1) is 11.8 Å². The number of nitrogens with one attached hydrogen (secondary N) is 1. The van der Waals surface area contributed by atoms with Crippen LogP contribution in [0.3, 0.4) is 0 Å². The van der Waals surface area contributed by atoms with Gasteiger partial charge in [0.05, 0.1) is 31.4 Å². The summed E-state index contributed by atoms with van der Waals surface area (Å²) in [5.41, 5.74) is 3.57. The number of ether oxygens (including phenoxy) is 2. The van der Waals surface area contributed by atoms with Crippen LogP contribution in [0.1, 0.15) is 59.5 Å². The van der Waals surface area contributed by atoms with Gasteiger partial charge in [0.1, 0.15) is 11.5 Å². The van der Waals surface area contributed by atoms with E-state index < -0.39 is 5.97 Å². The third-order valence-electron chi connectivity index (χ3n) is 7.96. The Labute approximate surface area is 235 Å². The number of anilines is 1. The first-order valence-electron chi connectivity index (χ1n) is 14.0. The summed E-state index contributed by atoms with van der Waals surface area (Å²) in [5.74, 6) is 1.58. The maximum atomic E-state index is 13.1. The lowest BCUT2D eigenvalue weighted by Gasteiger charge is -2.34. The topological polar surface area (TPSA) is 101 Å². The molecule has 2 heterocycles. The second kappa shape index (κ2) is 12.9. The van der Waals surface area contributed by atoms with Crippen molar-refractivity contribution in [1.29, 1.82) is 0 Å². The van der Waals surface area contributed by atoms with E-state index in [0.717, 1.165) is 67.1 Å². The highest BCUT2D eigenvalue weighted by molar-refractivity contribution is 6.00. The van der Waals surface area contributed by atoms with Gasteiger partial charge in [0, 0.05) is 38.1 Å². The van der Waals surface area contributed by atoms with Crippen LogP contribution in [-0.2, 0) is 11.3 Å². The zero-order chi connectivity index (χ0) is 27.9. The van der Waals surface area contributed by atoms with Gasteiger partial charge in [0.25, 0.3) is 5.91 Å². The van der Waals surface area contributed by atoms with E-state index in [-0.39, 0.29) is 18.2 Å². The van der Waals surface area contributed by atoms with Crippen LogP contribution in [0.15, 0.2) is 67.0 Å². The molecule has 8 nitrogen and oxygen atoms in total. The fraction of sp³-hybridized carbons (Fsp3) is 0.406. The monoisotopic (exact) mass is 543 g/mol. The number of methoxy groups -OCH3 is 1. The number of carbonyl (C=O) groups excluding carboxylic acids is 1. The number of carbonyl (C=O) groups is 2. The summed E-state index contributed by atoms with van der Waals surface area (Å²) < 4.78 is 11.7. The molecule has 1 aliphatic carbocycles. The van der Waals surface area contributed by atoms with Crippen molar-refractivity contribution in [3.05, 3.63) is 83.7 Å². The quantitative estimate of drug-likeness (QED) is 0.320. The van der Waals surface area contributed by atoms with Gasteiger partial charge in [-0.3, -0.25) is 14.6 Å². The van der Waals surface area contributed by atoms with Crippen molar-refractivity contribution in [2.45, 2.75) is 44.6 Å². The van der Waals surface area contributed by atoms with Crippen LogP contribution < -0.4 is 19.7 Å². The van der Waals surface area contributed by atoms with Gasteiger partial charge < -0.3 is 24.8 Å². The van der Waals surface area contributed by atoms with Crippen LogP contribution in [0.4, 0.5) is 5.69 Å². The number of piperidine rings is 1. The summed E-state index contributed by atoms with van der Waals surface area (Å²) in [5, 5.41) is 12.4. The van der Waals surface area contributed by atoms with Crippen molar-refractivity contribution in [3.8, 4) is 11.5 Å². The number of carboxylic acids is 1. The first kappa shape index (κ1) is 27.5.